The molecule has 1 aromatic rings. The number of ether oxygens (including phenoxy) is 2. The average Bonchev–Trinajstić information content (AvgIpc) is 3.03. The molecule has 0 aromatic heterocycles. The number of hydrogen-bond donors (Lipinski definition) is 3. The Hall–Kier alpha value is -2.85. The van der Waals surface area contributed by atoms with Crippen molar-refractivity contribution < 1.29 is 94.9 Å². The van der Waals surface area contributed by atoms with Crippen LogP contribution in [0, 0.1) is 22.7 Å². The molecule has 0 radical (unpaired) electrons. The van der Waals surface area contributed by atoms with E-state index in [-0.39, 0.29) is 43.2 Å². The Bertz CT molecular complexity index is 1750. The van der Waals surface area contributed by atoms with Gasteiger partial charge in [-0.2, -0.15) is 61.1 Å². The van der Waals surface area contributed by atoms with Crippen molar-refractivity contribution in [2.75, 3.05) is 5.75 Å². The molecule has 0 heterocycles. The molecular weight excluding hydrogens is 836 g/mol. The monoisotopic (exact) mass is 882 g/mol. The second kappa shape index (κ2) is 15.9. The van der Waals surface area contributed by atoms with Gasteiger partial charge in [0, 0.05) is 12.0 Å². The van der Waals surface area contributed by atoms with Gasteiger partial charge in [0.25, 0.3) is 15.7 Å². The number of esters is 2. The molecule has 5 rings (SSSR count). The first-order chi connectivity index (χ1) is 25.8. The predicted octanol–water partition coefficient (Wildman–Crippen LogP) is 8.95. The summed E-state index contributed by atoms with van der Waals surface area (Å²) in [5.41, 5.74) is -15.5. The van der Waals surface area contributed by atoms with Crippen LogP contribution < -0.4 is 0 Å². The highest BCUT2D eigenvalue weighted by atomic mass is 32.2. The highest BCUT2D eigenvalue weighted by Crippen LogP contribution is 2.64. The molecule has 4 fully saturated rings. The topological polar surface area (TPSA) is 147 Å². The van der Waals surface area contributed by atoms with E-state index in [1.807, 2.05) is 6.92 Å². The molecule has 22 heteroatoms. The quantitative estimate of drug-likeness (QED) is 0.113. The number of carbonyl (C=O) groups excluding carboxylic acids is 2. The molecular formula is C36H46F12O9S. The molecule has 58 heavy (non-hydrogen) atoms. The van der Waals surface area contributed by atoms with Crippen molar-refractivity contribution in [2.45, 2.75) is 146 Å². The second-order valence-electron chi connectivity index (χ2n) is 16.7. The SMILES string of the molecule is CCC(C)(C)C(=O)OC12CC3CC(C1)CC(C(=O)OC(CS(=O)(=O)O)C(F)(F)F)(C3)C2.CCC(C)c1cc(C(C)(O)C(F)(F)F)cc(C(O)(C(F)(F)F)C(F)(F)F)c1. The second-order valence-corrected chi connectivity index (χ2v) is 18.2. The maximum Gasteiger partial charge on any atom is 0.430 e. The van der Waals surface area contributed by atoms with Crippen LogP contribution in [0.3, 0.4) is 0 Å². The number of halogens is 12. The molecule has 4 aliphatic rings. The van der Waals surface area contributed by atoms with Gasteiger partial charge < -0.3 is 19.7 Å². The molecule has 0 saturated heterocycles. The minimum atomic E-state index is -6.26. The van der Waals surface area contributed by atoms with Crippen LogP contribution in [0.25, 0.3) is 0 Å². The highest BCUT2D eigenvalue weighted by Gasteiger charge is 2.72. The molecule has 4 bridgehead atoms. The third kappa shape index (κ3) is 10.2. The van der Waals surface area contributed by atoms with Crippen molar-refractivity contribution in [2.24, 2.45) is 22.7 Å². The van der Waals surface area contributed by atoms with Crippen molar-refractivity contribution in [1.29, 1.82) is 0 Å². The maximum absolute atomic E-state index is 13.3. The normalized spacial score (nSPS) is 26.2. The van der Waals surface area contributed by atoms with E-state index in [0.717, 1.165) is 6.42 Å². The van der Waals surface area contributed by atoms with Gasteiger partial charge in [0.1, 0.15) is 11.4 Å². The van der Waals surface area contributed by atoms with Gasteiger partial charge in [-0.3, -0.25) is 14.1 Å². The van der Waals surface area contributed by atoms with Gasteiger partial charge in [-0.05, 0) is 101 Å². The van der Waals surface area contributed by atoms with Gasteiger partial charge in [-0.1, -0.05) is 32.9 Å². The summed E-state index contributed by atoms with van der Waals surface area (Å²) in [6.45, 7) is 8.44. The van der Waals surface area contributed by atoms with Crippen LogP contribution in [0.1, 0.15) is 116 Å². The molecule has 1 aromatic carbocycles. The Balaban J connectivity index is 0.000000314. The lowest BCUT2D eigenvalue weighted by Crippen LogP contribution is -2.61. The lowest BCUT2D eigenvalue weighted by molar-refractivity contribution is -0.376. The number of aliphatic hydroxyl groups is 2. The number of carbonyl (C=O) groups is 2. The smallest absolute Gasteiger partial charge is 0.430 e. The van der Waals surface area contributed by atoms with Crippen molar-refractivity contribution in [3.05, 3.63) is 34.9 Å². The fourth-order valence-corrected chi connectivity index (χ4v) is 8.61. The van der Waals surface area contributed by atoms with E-state index in [1.165, 1.54) is 13.8 Å². The van der Waals surface area contributed by atoms with Crippen LogP contribution in [-0.2, 0) is 40.4 Å². The third-order valence-corrected chi connectivity index (χ3v) is 12.4. The van der Waals surface area contributed by atoms with Crippen LogP contribution in [-0.4, -0.2) is 77.3 Å². The van der Waals surface area contributed by atoms with E-state index in [1.54, 1.807) is 13.8 Å². The zero-order chi connectivity index (χ0) is 45.1. The molecule has 4 aliphatic carbocycles. The maximum atomic E-state index is 13.3. The van der Waals surface area contributed by atoms with Crippen LogP contribution in [0.2, 0.25) is 0 Å². The first-order valence-electron chi connectivity index (χ1n) is 18.1. The summed E-state index contributed by atoms with van der Waals surface area (Å²) in [6, 6.07) is 0.907. The molecule has 9 nitrogen and oxygen atoms in total. The fraction of sp³-hybridized carbons (Fsp3) is 0.778. The van der Waals surface area contributed by atoms with E-state index < -0.39 is 103 Å². The van der Waals surface area contributed by atoms with Crippen LogP contribution >= 0.6 is 0 Å². The predicted molar refractivity (Wildman–Crippen MR) is 179 cm³/mol. The zero-order valence-electron chi connectivity index (χ0n) is 32.1. The van der Waals surface area contributed by atoms with Crippen LogP contribution in [0.15, 0.2) is 18.2 Å². The highest BCUT2D eigenvalue weighted by molar-refractivity contribution is 7.85. The van der Waals surface area contributed by atoms with Crippen molar-refractivity contribution in [3.63, 3.8) is 0 Å². The van der Waals surface area contributed by atoms with E-state index in [4.69, 9.17) is 9.29 Å². The first-order valence-corrected chi connectivity index (χ1v) is 19.7. The van der Waals surface area contributed by atoms with Crippen molar-refractivity contribution >= 4 is 22.1 Å². The Morgan fingerprint density at radius 1 is 0.810 bits per heavy atom. The van der Waals surface area contributed by atoms with E-state index >= 15 is 0 Å². The van der Waals surface area contributed by atoms with Crippen molar-refractivity contribution in [3.8, 4) is 0 Å². The zero-order valence-corrected chi connectivity index (χ0v) is 33.0. The minimum absolute atomic E-state index is 0.0113. The van der Waals surface area contributed by atoms with Crippen molar-refractivity contribution in [1.82, 2.24) is 0 Å². The summed E-state index contributed by atoms with van der Waals surface area (Å²) in [6.07, 6.45) is -22.7. The summed E-state index contributed by atoms with van der Waals surface area (Å²) in [5, 5.41) is 19.2. The fourth-order valence-electron chi connectivity index (χ4n) is 7.97. The first kappa shape index (κ1) is 49.5. The molecule has 0 spiro atoms. The largest absolute Gasteiger partial charge is 0.459 e. The van der Waals surface area contributed by atoms with Gasteiger partial charge in [0.05, 0.1) is 10.8 Å². The minimum Gasteiger partial charge on any atom is -0.459 e. The summed E-state index contributed by atoms with van der Waals surface area (Å²) in [5.74, 6) is -4.01. The summed E-state index contributed by atoms with van der Waals surface area (Å²) in [4.78, 5) is 25.7. The van der Waals surface area contributed by atoms with Crippen LogP contribution in [0.4, 0.5) is 52.7 Å². The molecule has 334 valence electrons. The number of alkyl halides is 12. The molecule has 5 unspecified atom stereocenters. The molecule has 3 N–H and O–H groups in total. The summed E-state index contributed by atoms with van der Waals surface area (Å²) in [7, 11) is -5.02. The van der Waals surface area contributed by atoms with Gasteiger partial charge in [0.2, 0.25) is 6.10 Å². The standard InChI is InChI=1S/C20H29F3O7S.C16H17F9O2/c1-4-17(2,3)15(24)30-19-8-12-5-13(9-19)7-18(6-12,11-19)16(25)29-14(20(21,22)23)10-31(26,27)28;1-4-8(2)9-5-10(12(3,26)14(17,18)19)7-11(6-9)13(27,15(20,21)22)16(23,24)25/h12-14H,4-11H2,1-3H3,(H,26,27,28);5-8,26-27H,4H2,1-3H3. The Labute approximate surface area is 326 Å². The van der Waals surface area contributed by atoms with Gasteiger partial charge in [-0.15, -0.1) is 0 Å². The van der Waals surface area contributed by atoms with E-state index in [0.29, 0.717) is 44.2 Å². The van der Waals surface area contributed by atoms with Crippen LogP contribution in [0.5, 0.6) is 0 Å². The molecule has 4 saturated carbocycles. The third-order valence-electron chi connectivity index (χ3n) is 11.7. The lowest BCUT2D eigenvalue weighted by atomic mass is 9.48. The number of rotatable bonds is 11. The Morgan fingerprint density at radius 2 is 1.29 bits per heavy atom. The van der Waals surface area contributed by atoms with Gasteiger partial charge in [-0.25, -0.2) is 0 Å². The average molecular weight is 883 g/mol. The molecule has 0 aliphatic heterocycles. The van der Waals surface area contributed by atoms with E-state index in [2.05, 4.69) is 4.74 Å². The number of benzene rings is 1. The Kier molecular flexibility index (Phi) is 13.6. The van der Waals surface area contributed by atoms with E-state index in [9.17, 15) is 80.9 Å². The van der Waals surface area contributed by atoms with Gasteiger partial charge >= 0.3 is 36.6 Å². The number of hydrogen-bond acceptors (Lipinski definition) is 8. The molecule has 5 atom stereocenters. The van der Waals surface area contributed by atoms with Gasteiger partial charge in [0.15, 0.2) is 5.60 Å². The Morgan fingerprint density at radius 3 is 1.69 bits per heavy atom. The molecule has 0 amide bonds. The summed E-state index contributed by atoms with van der Waals surface area (Å²) >= 11 is 0. The summed E-state index contributed by atoms with van der Waals surface area (Å²) < 4.78 is 199. The lowest BCUT2D eigenvalue weighted by Gasteiger charge is -2.60.